The number of hydrogen-bond donors (Lipinski definition) is 0. The predicted octanol–water partition coefficient (Wildman–Crippen LogP) is 3.32. The Morgan fingerprint density at radius 1 is 1.21 bits per heavy atom. The molecule has 1 saturated heterocycles. The maximum absolute atomic E-state index is 12.8. The first kappa shape index (κ1) is 22.1. The molecule has 1 unspecified atom stereocenters. The average molecular weight is 400 g/mol. The molecule has 28 heavy (non-hydrogen) atoms. The molecule has 1 aliphatic carbocycles. The minimum atomic E-state index is -4.51. The van der Waals surface area contributed by atoms with Crippen molar-refractivity contribution in [1.29, 1.82) is 0 Å². The summed E-state index contributed by atoms with van der Waals surface area (Å²) < 4.78 is 38.3. The van der Waals surface area contributed by atoms with Crippen molar-refractivity contribution in [2.75, 3.05) is 31.1 Å². The van der Waals surface area contributed by atoms with Crippen molar-refractivity contribution in [3.05, 3.63) is 18.0 Å². The first-order chi connectivity index (χ1) is 13.1. The number of piperazine rings is 1. The number of hydrogen-bond acceptors (Lipinski definition) is 5. The van der Waals surface area contributed by atoms with Crippen molar-refractivity contribution >= 4 is 17.6 Å². The van der Waals surface area contributed by atoms with Gasteiger partial charge in [0.25, 0.3) is 0 Å². The van der Waals surface area contributed by atoms with E-state index in [1.54, 1.807) is 9.80 Å². The maximum Gasteiger partial charge on any atom is 0.433 e. The van der Waals surface area contributed by atoms with Gasteiger partial charge in [-0.25, -0.2) is 9.97 Å². The number of rotatable bonds is 2. The van der Waals surface area contributed by atoms with Crippen LogP contribution in [0.5, 0.6) is 0 Å². The van der Waals surface area contributed by atoms with Gasteiger partial charge in [-0.2, -0.15) is 13.2 Å². The topological polar surface area (TPSA) is 66.4 Å². The van der Waals surface area contributed by atoms with Gasteiger partial charge in [-0.3, -0.25) is 9.59 Å². The summed E-state index contributed by atoms with van der Waals surface area (Å²) in [6.45, 7) is 7.53. The molecule has 156 valence electrons. The van der Waals surface area contributed by atoms with Gasteiger partial charge in [0, 0.05) is 45.2 Å². The molecule has 0 aromatic carbocycles. The fourth-order valence-electron chi connectivity index (χ4n) is 3.36. The normalized spacial score (nSPS) is 22.7. The van der Waals surface area contributed by atoms with E-state index in [9.17, 15) is 22.8 Å². The van der Waals surface area contributed by atoms with Crippen molar-refractivity contribution in [3.8, 4) is 0 Å². The third-order valence-corrected chi connectivity index (χ3v) is 4.84. The molecular formula is C19H27F3N4O2. The van der Waals surface area contributed by atoms with E-state index in [1.165, 1.54) is 6.42 Å². The van der Waals surface area contributed by atoms with Gasteiger partial charge >= 0.3 is 6.18 Å². The zero-order valence-electron chi connectivity index (χ0n) is 16.6. The van der Waals surface area contributed by atoms with Gasteiger partial charge in [0.05, 0.1) is 5.41 Å². The summed E-state index contributed by atoms with van der Waals surface area (Å²) in [5, 5.41) is 0. The lowest BCUT2D eigenvalue weighted by molar-refractivity contribution is -0.142. The van der Waals surface area contributed by atoms with Crippen molar-refractivity contribution in [3.63, 3.8) is 0 Å². The highest BCUT2D eigenvalue weighted by atomic mass is 19.4. The van der Waals surface area contributed by atoms with Crippen molar-refractivity contribution in [2.45, 2.75) is 52.6 Å². The lowest BCUT2D eigenvalue weighted by Gasteiger charge is -2.38. The van der Waals surface area contributed by atoms with Crippen LogP contribution < -0.4 is 4.90 Å². The van der Waals surface area contributed by atoms with Gasteiger partial charge in [0.15, 0.2) is 0 Å². The monoisotopic (exact) mass is 400 g/mol. The van der Waals surface area contributed by atoms with Crippen molar-refractivity contribution in [2.24, 2.45) is 5.41 Å². The minimum absolute atomic E-state index is 0.0178. The van der Waals surface area contributed by atoms with E-state index >= 15 is 0 Å². The number of anilines is 1. The Morgan fingerprint density at radius 3 is 2.32 bits per heavy atom. The van der Waals surface area contributed by atoms with Crippen LogP contribution in [-0.4, -0.2) is 52.7 Å². The van der Waals surface area contributed by atoms with Gasteiger partial charge in [0.1, 0.15) is 11.5 Å². The van der Waals surface area contributed by atoms with Crippen molar-refractivity contribution in [1.82, 2.24) is 14.9 Å². The van der Waals surface area contributed by atoms with Crippen molar-refractivity contribution < 1.29 is 22.8 Å². The average Bonchev–Trinajstić information content (AvgIpc) is 3.01. The van der Waals surface area contributed by atoms with Gasteiger partial charge < -0.3 is 9.80 Å². The molecule has 1 aromatic rings. The molecule has 2 heterocycles. The number of halogens is 3. The Hall–Kier alpha value is -2.19. The number of nitrogens with zero attached hydrogens (tertiary/aromatic N) is 4. The lowest BCUT2D eigenvalue weighted by Crippen LogP contribution is -2.52. The van der Waals surface area contributed by atoms with Crippen LogP contribution in [0.1, 0.15) is 52.1 Å². The van der Waals surface area contributed by atoms with Crippen LogP contribution in [0, 0.1) is 5.41 Å². The first-order valence-electron chi connectivity index (χ1n) is 9.57. The second-order valence-electron chi connectivity index (χ2n) is 7.50. The largest absolute Gasteiger partial charge is 0.433 e. The first-order valence-corrected chi connectivity index (χ1v) is 9.57. The molecule has 0 radical (unpaired) electrons. The number of ketones is 1. The molecular weight excluding hydrogens is 373 g/mol. The zero-order valence-corrected chi connectivity index (χ0v) is 16.6. The molecule has 1 aliphatic heterocycles. The highest BCUT2D eigenvalue weighted by molar-refractivity contribution is 5.92. The second kappa shape index (κ2) is 8.87. The van der Waals surface area contributed by atoms with Gasteiger partial charge in [0.2, 0.25) is 11.9 Å². The van der Waals surface area contributed by atoms with E-state index in [1.807, 2.05) is 6.92 Å². The standard InChI is InChI=1S/C16H19F3N4O2.C3H8/c1-15(4-2-11(24)10-15)13(25)22-6-8-23(9-7-22)14-20-5-3-12(21-14)16(17,18)19;1-3-2/h3,5H,2,4,6-10H2,1H3;3H2,1-2H3. The fraction of sp³-hybridized carbons (Fsp3) is 0.684. The summed E-state index contributed by atoms with van der Waals surface area (Å²) in [6, 6.07) is 0.835. The van der Waals surface area contributed by atoms with Gasteiger partial charge in [-0.1, -0.05) is 27.2 Å². The summed E-state index contributed by atoms with van der Waals surface area (Å²) in [6.07, 6.45) is -0.919. The van der Waals surface area contributed by atoms with Crippen LogP contribution >= 0.6 is 0 Å². The molecule has 1 amide bonds. The number of carbonyl (C=O) groups excluding carboxylic acids is 2. The van der Waals surface area contributed by atoms with Crippen LogP contribution in [-0.2, 0) is 15.8 Å². The number of alkyl halides is 3. The SMILES string of the molecule is CC1(C(=O)N2CCN(c3nccc(C(F)(F)F)n3)CC2)CCC(=O)C1.CCC. The Kier molecular flexibility index (Phi) is 7.01. The van der Waals surface area contributed by atoms with Crippen LogP contribution in [0.2, 0.25) is 0 Å². The van der Waals surface area contributed by atoms with Gasteiger partial charge in [-0.05, 0) is 12.5 Å². The van der Waals surface area contributed by atoms with Crippen LogP contribution in [0.4, 0.5) is 19.1 Å². The van der Waals surface area contributed by atoms with Gasteiger partial charge in [-0.15, -0.1) is 0 Å². The summed E-state index contributed by atoms with van der Waals surface area (Å²) in [5.41, 5.74) is -1.63. The van der Waals surface area contributed by atoms with E-state index < -0.39 is 17.3 Å². The third-order valence-electron chi connectivity index (χ3n) is 4.84. The molecule has 6 nitrogen and oxygen atoms in total. The Morgan fingerprint density at radius 2 is 1.82 bits per heavy atom. The molecule has 2 aliphatic rings. The number of Topliss-reactive ketones (excluding diaryl/α,β-unsaturated/α-hetero) is 1. The second-order valence-corrected chi connectivity index (χ2v) is 7.50. The Labute approximate surface area is 163 Å². The Balaban J connectivity index is 0.000000878. The smallest absolute Gasteiger partial charge is 0.339 e. The van der Waals surface area contributed by atoms with E-state index in [4.69, 9.17) is 0 Å². The lowest BCUT2D eigenvalue weighted by atomic mass is 9.87. The fourth-order valence-corrected chi connectivity index (χ4v) is 3.36. The zero-order chi connectivity index (χ0) is 20.9. The van der Waals surface area contributed by atoms with E-state index in [0.29, 0.717) is 39.0 Å². The maximum atomic E-state index is 12.8. The molecule has 0 N–H and O–H groups in total. The molecule has 9 heteroatoms. The van der Waals surface area contributed by atoms with Crippen LogP contribution in [0.15, 0.2) is 12.3 Å². The summed E-state index contributed by atoms with van der Waals surface area (Å²) in [4.78, 5) is 35.0. The van der Waals surface area contributed by atoms with Crippen LogP contribution in [0.3, 0.4) is 0 Å². The summed E-state index contributed by atoms with van der Waals surface area (Å²) >= 11 is 0. The quantitative estimate of drug-likeness (QED) is 0.762. The minimum Gasteiger partial charge on any atom is -0.339 e. The highest BCUT2D eigenvalue weighted by Gasteiger charge is 2.43. The number of aromatic nitrogens is 2. The number of carbonyl (C=O) groups is 2. The molecule has 0 bridgehead atoms. The molecule has 3 rings (SSSR count). The Bertz CT molecular complexity index is 703. The predicted molar refractivity (Wildman–Crippen MR) is 98.8 cm³/mol. The number of amides is 1. The molecule has 0 spiro atoms. The molecule has 2 fully saturated rings. The van der Waals surface area contributed by atoms with Crippen LogP contribution in [0.25, 0.3) is 0 Å². The molecule has 1 atom stereocenters. The molecule has 1 aromatic heterocycles. The third kappa shape index (κ3) is 5.20. The van der Waals surface area contributed by atoms with E-state index in [0.717, 1.165) is 12.3 Å². The summed E-state index contributed by atoms with van der Waals surface area (Å²) in [5.74, 6) is 0.0685. The molecule has 1 saturated carbocycles. The highest BCUT2D eigenvalue weighted by Crippen LogP contribution is 2.37. The summed E-state index contributed by atoms with van der Waals surface area (Å²) in [7, 11) is 0. The van der Waals surface area contributed by atoms with E-state index in [-0.39, 0.29) is 24.1 Å². The van der Waals surface area contributed by atoms with E-state index in [2.05, 4.69) is 23.8 Å².